The standard InChI is InChI=1S/C16H23ClN2O3S/c1-13-6-7-14(17)12-15(13)19(23(2,21)22)11-8-16(20)18-9-4-3-5-10-18/h6-7,12H,3-5,8-11H2,1-2H3. The van der Waals surface area contributed by atoms with Crippen LogP contribution in [0.5, 0.6) is 0 Å². The van der Waals surface area contributed by atoms with E-state index in [1.165, 1.54) is 4.31 Å². The number of hydrogen-bond acceptors (Lipinski definition) is 3. The van der Waals surface area contributed by atoms with Crippen molar-refractivity contribution in [2.24, 2.45) is 0 Å². The van der Waals surface area contributed by atoms with E-state index in [-0.39, 0.29) is 18.9 Å². The van der Waals surface area contributed by atoms with Crippen molar-refractivity contribution in [3.05, 3.63) is 28.8 Å². The van der Waals surface area contributed by atoms with Crippen molar-refractivity contribution < 1.29 is 13.2 Å². The summed E-state index contributed by atoms with van der Waals surface area (Å²) in [5.41, 5.74) is 1.34. The number of amides is 1. The second-order valence-corrected chi connectivity index (χ2v) is 8.30. The van der Waals surface area contributed by atoms with Crippen LogP contribution in [0.1, 0.15) is 31.2 Å². The zero-order chi connectivity index (χ0) is 17.0. The third-order valence-electron chi connectivity index (χ3n) is 4.08. The summed E-state index contributed by atoms with van der Waals surface area (Å²) in [5, 5.41) is 0.474. The minimum absolute atomic E-state index is 0.0121. The van der Waals surface area contributed by atoms with Crippen LogP contribution >= 0.6 is 11.6 Å². The average Bonchev–Trinajstić information content (AvgIpc) is 2.50. The Morgan fingerprint density at radius 3 is 2.52 bits per heavy atom. The van der Waals surface area contributed by atoms with Gasteiger partial charge in [0.15, 0.2) is 0 Å². The number of hydrogen-bond donors (Lipinski definition) is 0. The van der Waals surface area contributed by atoms with Gasteiger partial charge in [-0.05, 0) is 43.9 Å². The SMILES string of the molecule is Cc1ccc(Cl)cc1N(CCC(=O)N1CCCCC1)S(C)(=O)=O. The van der Waals surface area contributed by atoms with Crippen molar-refractivity contribution in [2.45, 2.75) is 32.6 Å². The lowest BCUT2D eigenvalue weighted by molar-refractivity contribution is -0.131. The molecule has 2 rings (SSSR count). The van der Waals surface area contributed by atoms with Gasteiger partial charge in [0.2, 0.25) is 15.9 Å². The summed E-state index contributed by atoms with van der Waals surface area (Å²) in [6.45, 7) is 3.51. The lowest BCUT2D eigenvalue weighted by atomic mass is 10.1. The zero-order valence-corrected chi connectivity index (χ0v) is 15.2. The monoisotopic (exact) mass is 358 g/mol. The maximum absolute atomic E-state index is 12.3. The first-order valence-electron chi connectivity index (χ1n) is 7.80. The number of halogens is 1. The van der Waals surface area contributed by atoms with Crippen LogP contribution in [0, 0.1) is 6.92 Å². The van der Waals surface area contributed by atoms with Crippen LogP contribution in [-0.4, -0.2) is 45.1 Å². The predicted molar refractivity (Wildman–Crippen MR) is 93.4 cm³/mol. The van der Waals surface area contributed by atoms with Crippen LogP contribution < -0.4 is 4.31 Å². The van der Waals surface area contributed by atoms with Gasteiger partial charge in [0.1, 0.15) is 0 Å². The van der Waals surface area contributed by atoms with Crippen LogP contribution in [-0.2, 0) is 14.8 Å². The van der Waals surface area contributed by atoms with Crippen LogP contribution in [0.2, 0.25) is 5.02 Å². The van der Waals surface area contributed by atoms with E-state index in [0.717, 1.165) is 44.2 Å². The van der Waals surface area contributed by atoms with Gasteiger partial charge in [-0.1, -0.05) is 17.7 Å². The van der Waals surface area contributed by atoms with Crippen molar-refractivity contribution in [1.82, 2.24) is 4.90 Å². The van der Waals surface area contributed by atoms with Gasteiger partial charge in [-0.2, -0.15) is 0 Å². The molecule has 1 aromatic rings. The molecule has 1 amide bonds. The van der Waals surface area contributed by atoms with E-state index in [4.69, 9.17) is 11.6 Å². The molecular weight excluding hydrogens is 336 g/mol. The molecule has 0 unspecified atom stereocenters. The molecule has 0 aromatic heterocycles. The van der Waals surface area contributed by atoms with Crippen molar-refractivity contribution in [3.63, 3.8) is 0 Å². The summed E-state index contributed by atoms with van der Waals surface area (Å²) in [5.74, 6) is 0.0121. The highest BCUT2D eigenvalue weighted by Crippen LogP contribution is 2.26. The predicted octanol–water partition coefficient (Wildman–Crippen LogP) is 2.82. The lowest BCUT2D eigenvalue weighted by Gasteiger charge is -2.29. The first kappa shape index (κ1) is 18.1. The first-order valence-corrected chi connectivity index (χ1v) is 10.0. The molecule has 0 spiro atoms. The van der Waals surface area contributed by atoms with Gasteiger partial charge in [0.25, 0.3) is 0 Å². The topological polar surface area (TPSA) is 57.7 Å². The minimum Gasteiger partial charge on any atom is -0.343 e. The fourth-order valence-corrected chi connectivity index (χ4v) is 3.96. The van der Waals surface area contributed by atoms with Crippen LogP contribution in [0.4, 0.5) is 5.69 Å². The van der Waals surface area contributed by atoms with Crippen molar-refractivity contribution in [1.29, 1.82) is 0 Å². The van der Waals surface area contributed by atoms with Gasteiger partial charge in [0.05, 0.1) is 11.9 Å². The van der Waals surface area contributed by atoms with Gasteiger partial charge in [-0.3, -0.25) is 9.10 Å². The molecule has 0 aliphatic carbocycles. The highest BCUT2D eigenvalue weighted by molar-refractivity contribution is 7.92. The molecule has 0 radical (unpaired) electrons. The van der Waals surface area contributed by atoms with E-state index in [1.54, 1.807) is 18.2 Å². The molecule has 0 N–H and O–H groups in total. The summed E-state index contributed by atoms with van der Waals surface area (Å²) in [4.78, 5) is 14.1. The minimum atomic E-state index is -3.48. The Hall–Kier alpha value is -1.27. The number of carbonyl (C=O) groups is 1. The van der Waals surface area contributed by atoms with E-state index >= 15 is 0 Å². The molecule has 5 nitrogen and oxygen atoms in total. The largest absolute Gasteiger partial charge is 0.343 e. The number of rotatable bonds is 5. The van der Waals surface area contributed by atoms with E-state index in [2.05, 4.69) is 0 Å². The molecule has 0 atom stereocenters. The summed E-state index contributed by atoms with van der Waals surface area (Å²) >= 11 is 6.00. The van der Waals surface area contributed by atoms with Gasteiger partial charge in [-0.15, -0.1) is 0 Å². The van der Waals surface area contributed by atoms with Crippen LogP contribution in [0.3, 0.4) is 0 Å². The Morgan fingerprint density at radius 1 is 1.26 bits per heavy atom. The van der Waals surface area contributed by atoms with Gasteiger partial charge >= 0.3 is 0 Å². The average molecular weight is 359 g/mol. The fourth-order valence-electron chi connectivity index (χ4n) is 2.81. The van der Waals surface area contributed by atoms with E-state index in [1.807, 2.05) is 11.8 Å². The number of carbonyl (C=O) groups excluding carboxylic acids is 1. The molecule has 1 heterocycles. The highest BCUT2D eigenvalue weighted by Gasteiger charge is 2.23. The summed E-state index contributed by atoms with van der Waals surface area (Å²) in [6, 6.07) is 5.13. The second kappa shape index (κ2) is 7.53. The summed E-state index contributed by atoms with van der Waals surface area (Å²) < 4.78 is 25.6. The van der Waals surface area contributed by atoms with E-state index in [0.29, 0.717) is 10.7 Å². The molecule has 1 saturated heterocycles. The smallest absolute Gasteiger partial charge is 0.232 e. The summed E-state index contributed by atoms with van der Waals surface area (Å²) in [7, 11) is -3.48. The van der Waals surface area contributed by atoms with Crippen LogP contribution in [0.25, 0.3) is 0 Å². The third-order valence-corrected chi connectivity index (χ3v) is 5.49. The lowest BCUT2D eigenvalue weighted by Crippen LogP contribution is -2.39. The van der Waals surface area contributed by atoms with Gasteiger partial charge < -0.3 is 4.90 Å². The Balaban J connectivity index is 2.14. The van der Waals surface area contributed by atoms with Crippen molar-refractivity contribution >= 4 is 33.2 Å². The molecule has 1 aliphatic heterocycles. The Bertz CT molecular complexity index is 670. The molecule has 1 fully saturated rings. The molecule has 23 heavy (non-hydrogen) atoms. The number of anilines is 1. The maximum atomic E-state index is 12.3. The molecule has 0 bridgehead atoms. The van der Waals surface area contributed by atoms with E-state index < -0.39 is 10.0 Å². The Morgan fingerprint density at radius 2 is 1.91 bits per heavy atom. The maximum Gasteiger partial charge on any atom is 0.232 e. The highest BCUT2D eigenvalue weighted by atomic mass is 35.5. The fraction of sp³-hybridized carbons (Fsp3) is 0.562. The molecule has 7 heteroatoms. The number of aryl methyl sites for hydroxylation is 1. The number of benzene rings is 1. The summed E-state index contributed by atoms with van der Waals surface area (Å²) in [6.07, 6.45) is 4.53. The molecule has 0 saturated carbocycles. The van der Waals surface area contributed by atoms with Crippen molar-refractivity contribution in [3.8, 4) is 0 Å². The normalized spacial score (nSPS) is 15.5. The molecule has 1 aliphatic rings. The molecule has 128 valence electrons. The van der Waals surface area contributed by atoms with Gasteiger partial charge in [0, 0.05) is 31.1 Å². The first-order chi connectivity index (χ1) is 10.8. The number of piperidine rings is 1. The van der Waals surface area contributed by atoms with Crippen molar-refractivity contribution in [2.75, 3.05) is 30.2 Å². The quantitative estimate of drug-likeness (QED) is 0.813. The van der Waals surface area contributed by atoms with Crippen LogP contribution in [0.15, 0.2) is 18.2 Å². The number of nitrogens with zero attached hydrogens (tertiary/aromatic N) is 2. The number of likely N-dealkylation sites (tertiary alicyclic amines) is 1. The molecule has 1 aromatic carbocycles. The zero-order valence-electron chi connectivity index (χ0n) is 13.6. The van der Waals surface area contributed by atoms with Gasteiger partial charge in [-0.25, -0.2) is 8.42 Å². The third kappa shape index (κ3) is 4.85. The number of sulfonamides is 1. The molecular formula is C16H23ClN2O3S. The Labute approximate surface area is 143 Å². The second-order valence-electron chi connectivity index (χ2n) is 5.96. The Kier molecular flexibility index (Phi) is 5.92. The van der Waals surface area contributed by atoms with E-state index in [9.17, 15) is 13.2 Å².